The molecule has 0 atom stereocenters. The van der Waals surface area contributed by atoms with E-state index in [1.807, 2.05) is 10.9 Å². The van der Waals surface area contributed by atoms with Crippen LogP contribution in [0.5, 0.6) is 0 Å². The van der Waals surface area contributed by atoms with Crippen LogP contribution in [-0.2, 0) is 11.9 Å². The van der Waals surface area contributed by atoms with Gasteiger partial charge in [-0.05, 0) is 18.3 Å². The van der Waals surface area contributed by atoms with Crippen molar-refractivity contribution in [2.45, 2.75) is 38.1 Å². The van der Waals surface area contributed by atoms with E-state index in [4.69, 9.17) is 0 Å². The van der Waals surface area contributed by atoms with Crippen molar-refractivity contribution in [2.75, 3.05) is 0 Å². The molecule has 0 saturated heterocycles. The minimum atomic E-state index is 0.483. The van der Waals surface area contributed by atoms with E-state index in [1.165, 1.54) is 19.3 Å². The van der Waals surface area contributed by atoms with Gasteiger partial charge in [0.2, 0.25) is 0 Å². The van der Waals surface area contributed by atoms with Gasteiger partial charge in [0.1, 0.15) is 0 Å². The lowest BCUT2D eigenvalue weighted by Gasteiger charge is -2.37. The molecule has 4 heteroatoms. The van der Waals surface area contributed by atoms with Crippen molar-refractivity contribution in [3.8, 4) is 0 Å². The summed E-state index contributed by atoms with van der Waals surface area (Å²) in [5.74, 6) is 0. The molecule has 0 bridgehead atoms. The van der Waals surface area contributed by atoms with Gasteiger partial charge in [-0.3, -0.25) is 4.68 Å². The first-order valence-corrected chi connectivity index (χ1v) is 5.79. The largest absolute Gasteiger partial charge is 0.252 e. The molecule has 1 heterocycles. The number of hydrogen-bond donors (Lipinski definition) is 0. The minimum Gasteiger partial charge on any atom is -0.252 e. The fourth-order valence-corrected chi connectivity index (χ4v) is 2.06. The topological polar surface area (TPSA) is 30.7 Å². The first-order valence-electron chi connectivity index (χ1n) is 4.67. The highest BCUT2D eigenvalue weighted by Gasteiger charge is 2.32. The van der Waals surface area contributed by atoms with Crippen molar-refractivity contribution in [2.24, 2.45) is 5.41 Å². The van der Waals surface area contributed by atoms with Gasteiger partial charge in [-0.25, -0.2) is 0 Å². The van der Waals surface area contributed by atoms with Gasteiger partial charge >= 0.3 is 0 Å². The summed E-state index contributed by atoms with van der Waals surface area (Å²) in [7, 11) is 0. The fraction of sp³-hybridized carbons (Fsp3) is 0.778. The molecule has 3 nitrogen and oxygen atoms in total. The van der Waals surface area contributed by atoms with Gasteiger partial charge < -0.3 is 0 Å². The van der Waals surface area contributed by atoms with E-state index in [1.54, 1.807) is 0 Å². The van der Waals surface area contributed by atoms with Gasteiger partial charge in [-0.1, -0.05) is 34.5 Å². The molecule has 13 heavy (non-hydrogen) atoms. The zero-order valence-electron chi connectivity index (χ0n) is 7.83. The monoisotopic (exact) mass is 243 g/mol. The molecule has 0 N–H and O–H groups in total. The molecule has 0 aliphatic heterocycles. The van der Waals surface area contributed by atoms with E-state index in [0.29, 0.717) is 5.41 Å². The quantitative estimate of drug-likeness (QED) is 0.764. The van der Waals surface area contributed by atoms with Crippen molar-refractivity contribution < 1.29 is 0 Å². The second-order valence-corrected chi connectivity index (χ2v) is 4.77. The predicted molar refractivity (Wildman–Crippen MR) is 54.6 cm³/mol. The number of hydrogen-bond acceptors (Lipinski definition) is 2. The van der Waals surface area contributed by atoms with Crippen LogP contribution in [0.1, 0.15) is 31.9 Å². The van der Waals surface area contributed by atoms with Crippen LogP contribution in [0, 0.1) is 5.41 Å². The maximum atomic E-state index is 4.09. The van der Waals surface area contributed by atoms with Crippen LogP contribution < -0.4 is 0 Å². The Morgan fingerprint density at radius 3 is 2.85 bits per heavy atom. The summed E-state index contributed by atoms with van der Waals surface area (Å²) >= 11 is 3.37. The third-order valence-corrected chi connectivity index (χ3v) is 3.40. The zero-order valence-corrected chi connectivity index (χ0v) is 9.42. The van der Waals surface area contributed by atoms with Crippen molar-refractivity contribution >= 4 is 15.9 Å². The van der Waals surface area contributed by atoms with Gasteiger partial charge in [-0.15, -0.1) is 5.10 Å². The first kappa shape index (κ1) is 9.19. The molecule has 1 fully saturated rings. The normalized spacial score (nSPS) is 19.8. The van der Waals surface area contributed by atoms with Crippen LogP contribution in [0.15, 0.2) is 6.20 Å². The van der Waals surface area contributed by atoms with Crippen molar-refractivity contribution in [1.29, 1.82) is 0 Å². The Hall–Kier alpha value is -0.380. The highest BCUT2D eigenvalue weighted by atomic mass is 79.9. The summed E-state index contributed by atoms with van der Waals surface area (Å²) in [4.78, 5) is 0. The maximum absolute atomic E-state index is 4.09. The molecular weight excluding hydrogens is 230 g/mol. The number of nitrogens with zero attached hydrogens (tertiary/aromatic N) is 3. The molecule has 0 radical (unpaired) electrons. The highest BCUT2D eigenvalue weighted by Crippen LogP contribution is 2.41. The number of aromatic nitrogens is 3. The van der Waals surface area contributed by atoms with E-state index in [0.717, 1.165) is 17.6 Å². The lowest BCUT2D eigenvalue weighted by molar-refractivity contribution is 0.125. The third-order valence-electron chi connectivity index (χ3n) is 2.83. The smallest absolute Gasteiger partial charge is 0.0932 e. The summed E-state index contributed by atoms with van der Waals surface area (Å²) in [6.45, 7) is 3.35. The summed E-state index contributed by atoms with van der Waals surface area (Å²) in [6, 6.07) is 0. The van der Waals surface area contributed by atoms with Crippen LogP contribution in [0.25, 0.3) is 0 Å². The second-order valence-electron chi connectivity index (χ2n) is 4.21. The van der Waals surface area contributed by atoms with Crippen molar-refractivity contribution in [1.82, 2.24) is 15.0 Å². The third kappa shape index (κ3) is 1.93. The second kappa shape index (κ2) is 3.40. The van der Waals surface area contributed by atoms with Crippen LogP contribution in [0.3, 0.4) is 0 Å². The average Bonchev–Trinajstić information content (AvgIpc) is 2.49. The van der Waals surface area contributed by atoms with Crippen LogP contribution in [0.4, 0.5) is 0 Å². The molecule has 1 aromatic heterocycles. The molecule has 2 rings (SSSR count). The van der Waals surface area contributed by atoms with E-state index in [-0.39, 0.29) is 0 Å². The van der Waals surface area contributed by atoms with Gasteiger partial charge in [0, 0.05) is 18.1 Å². The molecule has 0 unspecified atom stereocenters. The molecule has 1 aromatic rings. The number of halogens is 1. The van der Waals surface area contributed by atoms with E-state index < -0.39 is 0 Å². The minimum absolute atomic E-state index is 0.483. The lowest BCUT2D eigenvalue weighted by Crippen LogP contribution is -2.30. The average molecular weight is 244 g/mol. The van der Waals surface area contributed by atoms with E-state index in [9.17, 15) is 0 Å². The van der Waals surface area contributed by atoms with Gasteiger partial charge in [0.15, 0.2) is 0 Å². The van der Waals surface area contributed by atoms with Gasteiger partial charge in [-0.2, -0.15) is 0 Å². The summed E-state index contributed by atoms with van der Waals surface area (Å²) in [5, 5.41) is 8.93. The maximum Gasteiger partial charge on any atom is 0.0932 e. The predicted octanol–water partition coefficient (Wildman–Crippen LogP) is 2.36. The molecule has 1 saturated carbocycles. The molecule has 0 amide bonds. The standard InChI is InChI=1S/C9H14BrN3/c1-9(3-2-4-9)7-13-6-8(5-10)11-12-13/h6H,2-5,7H2,1H3. The van der Waals surface area contributed by atoms with Crippen molar-refractivity contribution in [3.05, 3.63) is 11.9 Å². The Kier molecular flexibility index (Phi) is 2.41. The van der Waals surface area contributed by atoms with Crippen LogP contribution in [-0.4, -0.2) is 15.0 Å². The SMILES string of the molecule is CC1(Cn2cc(CBr)nn2)CCC1. The Labute approximate surface area is 86.6 Å². The molecule has 0 aromatic carbocycles. The number of rotatable bonds is 3. The van der Waals surface area contributed by atoms with Crippen LogP contribution in [0.2, 0.25) is 0 Å². The first-order chi connectivity index (χ1) is 6.22. The molecule has 1 aliphatic rings. The Morgan fingerprint density at radius 1 is 1.62 bits per heavy atom. The molecule has 0 spiro atoms. The summed E-state index contributed by atoms with van der Waals surface area (Å²) in [5.41, 5.74) is 1.50. The lowest BCUT2D eigenvalue weighted by atomic mass is 9.70. The fourth-order valence-electron chi connectivity index (χ4n) is 1.81. The molecular formula is C9H14BrN3. The number of alkyl halides is 1. The molecule has 1 aliphatic carbocycles. The summed E-state index contributed by atoms with van der Waals surface area (Å²) < 4.78 is 1.97. The molecule has 72 valence electrons. The van der Waals surface area contributed by atoms with Crippen LogP contribution >= 0.6 is 15.9 Å². The highest BCUT2D eigenvalue weighted by molar-refractivity contribution is 9.08. The summed E-state index contributed by atoms with van der Waals surface area (Å²) in [6.07, 6.45) is 6.06. The van der Waals surface area contributed by atoms with Crippen molar-refractivity contribution in [3.63, 3.8) is 0 Å². The zero-order chi connectivity index (χ0) is 9.31. The Balaban J connectivity index is 2.01. The van der Waals surface area contributed by atoms with E-state index >= 15 is 0 Å². The Bertz CT molecular complexity index is 291. The Morgan fingerprint density at radius 2 is 2.38 bits per heavy atom. The van der Waals surface area contributed by atoms with Gasteiger partial charge in [0.25, 0.3) is 0 Å². The van der Waals surface area contributed by atoms with E-state index in [2.05, 4.69) is 33.2 Å². The van der Waals surface area contributed by atoms with Gasteiger partial charge in [0.05, 0.1) is 5.69 Å².